The van der Waals surface area contributed by atoms with Crippen LogP contribution >= 0.6 is 0 Å². The Kier molecular flexibility index (Phi) is 6.01. The first-order valence-corrected chi connectivity index (χ1v) is 8.91. The topological polar surface area (TPSA) is 84.5 Å². The van der Waals surface area contributed by atoms with Gasteiger partial charge >= 0.3 is 5.97 Å². The summed E-state index contributed by atoms with van der Waals surface area (Å²) in [6, 6.07) is 19.4. The smallest absolute Gasteiger partial charge is 0.338 e. The van der Waals surface area contributed by atoms with Gasteiger partial charge in [0.15, 0.2) is 6.61 Å². The first-order valence-electron chi connectivity index (χ1n) is 8.91. The molecule has 0 aliphatic heterocycles. The van der Waals surface area contributed by atoms with Crippen LogP contribution in [0.1, 0.15) is 27.6 Å². The van der Waals surface area contributed by atoms with Crippen LogP contribution in [0.25, 0.3) is 10.8 Å². The van der Waals surface area contributed by atoms with Crippen LogP contribution < -0.4 is 10.6 Å². The molecule has 3 aromatic carbocycles. The molecule has 0 atom stereocenters. The fourth-order valence-corrected chi connectivity index (χ4v) is 2.73. The molecule has 2 amide bonds. The lowest BCUT2D eigenvalue weighted by Gasteiger charge is -2.09. The van der Waals surface area contributed by atoms with E-state index in [1.54, 1.807) is 36.4 Å². The van der Waals surface area contributed by atoms with E-state index in [2.05, 4.69) is 10.6 Å². The van der Waals surface area contributed by atoms with Gasteiger partial charge in [-0.2, -0.15) is 0 Å². The second-order valence-electron chi connectivity index (χ2n) is 6.13. The number of rotatable bonds is 6. The molecule has 0 bridgehead atoms. The predicted octanol–water partition coefficient (Wildman–Crippen LogP) is 3.39. The number of benzene rings is 3. The zero-order valence-electron chi connectivity index (χ0n) is 15.4. The third kappa shape index (κ3) is 4.73. The van der Waals surface area contributed by atoms with Crippen molar-refractivity contribution in [1.82, 2.24) is 5.32 Å². The number of fused-ring (bicyclic) bond motifs is 1. The van der Waals surface area contributed by atoms with E-state index in [1.807, 2.05) is 37.3 Å². The van der Waals surface area contributed by atoms with Crippen LogP contribution in [0.5, 0.6) is 0 Å². The number of ether oxygens (including phenoxy) is 1. The van der Waals surface area contributed by atoms with E-state index in [1.165, 1.54) is 0 Å². The van der Waals surface area contributed by atoms with E-state index in [0.29, 0.717) is 23.4 Å². The largest absolute Gasteiger partial charge is 0.452 e. The number of hydrogen-bond donors (Lipinski definition) is 2. The van der Waals surface area contributed by atoms with Crippen molar-refractivity contribution < 1.29 is 19.1 Å². The summed E-state index contributed by atoms with van der Waals surface area (Å²) in [7, 11) is 0. The number of carbonyl (C=O) groups excluding carboxylic acids is 3. The first kappa shape index (κ1) is 19.1. The van der Waals surface area contributed by atoms with Gasteiger partial charge in [-0.1, -0.05) is 36.4 Å². The van der Waals surface area contributed by atoms with Crippen molar-refractivity contribution >= 4 is 34.2 Å². The highest BCUT2D eigenvalue weighted by atomic mass is 16.5. The highest BCUT2D eigenvalue weighted by Gasteiger charge is 2.12. The van der Waals surface area contributed by atoms with Crippen LogP contribution in [0.15, 0.2) is 66.7 Å². The van der Waals surface area contributed by atoms with E-state index < -0.39 is 18.5 Å². The number of carbonyl (C=O) groups is 3. The predicted molar refractivity (Wildman–Crippen MR) is 107 cm³/mol. The van der Waals surface area contributed by atoms with Crippen LogP contribution in [-0.2, 0) is 9.53 Å². The van der Waals surface area contributed by atoms with Gasteiger partial charge in [0.25, 0.3) is 11.8 Å². The normalized spacial score (nSPS) is 10.3. The number of amides is 2. The molecule has 0 radical (unpaired) electrons. The van der Waals surface area contributed by atoms with Gasteiger partial charge in [0.05, 0.1) is 5.56 Å². The van der Waals surface area contributed by atoms with Gasteiger partial charge in [-0.15, -0.1) is 0 Å². The summed E-state index contributed by atoms with van der Waals surface area (Å²) in [6.45, 7) is 1.92. The molecule has 0 fully saturated rings. The summed E-state index contributed by atoms with van der Waals surface area (Å²) in [5, 5.41) is 7.25. The molecular weight excluding hydrogens is 356 g/mol. The van der Waals surface area contributed by atoms with Gasteiger partial charge < -0.3 is 15.4 Å². The molecule has 6 nitrogen and oxygen atoms in total. The summed E-state index contributed by atoms with van der Waals surface area (Å²) in [4.78, 5) is 36.1. The maximum atomic E-state index is 12.2. The van der Waals surface area contributed by atoms with Crippen LogP contribution in [0.3, 0.4) is 0 Å². The minimum absolute atomic E-state index is 0.221. The molecule has 0 aliphatic carbocycles. The second-order valence-corrected chi connectivity index (χ2v) is 6.13. The molecule has 0 aliphatic rings. The average Bonchev–Trinajstić information content (AvgIpc) is 2.72. The van der Waals surface area contributed by atoms with Gasteiger partial charge in [-0.25, -0.2) is 4.79 Å². The molecule has 6 heteroatoms. The lowest BCUT2D eigenvalue weighted by atomic mass is 10.1. The van der Waals surface area contributed by atoms with Crippen molar-refractivity contribution in [2.75, 3.05) is 18.5 Å². The zero-order valence-corrected chi connectivity index (χ0v) is 15.4. The first-order chi connectivity index (χ1) is 13.6. The molecule has 0 aromatic heterocycles. The zero-order chi connectivity index (χ0) is 19.9. The minimum atomic E-state index is -0.572. The second kappa shape index (κ2) is 8.81. The van der Waals surface area contributed by atoms with Crippen LogP contribution in [0, 0.1) is 0 Å². The number of hydrogen-bond acceptors (Lipinski definition) is 4. The molecule has 3 rings (SSSR count). The summed E-state index contributed by atoms with van der Waals surface area (Å²) in [5.74, 6) is -1.28. The van der Waals surface area contributed by atoms with Crippen molar-refractivity contribution in [1.29, 1.82) is 0 Å². The van der Waals surface area contributed by atoms with Crippen molar-refractivity contribution in [3.05, 3.63) is 77.9 Å². The Balaban J connectivity index is 1.58. The number of nitrogens with one attached hydrogen (secondary N) is 2. The highest BCUT2D eigenvalue weighted by molar-refractivity contribution is 5.99. The van der Waals surface area contributed by atoms with Crippen molar-refractivity contribution in [2.45, 2.75) is 6.92 Å². The maximum Gasteiger partial charge on any atom is 0.338 e. The molecule has 0 heterocycles. The van der Waals surface area contributed by atoms with Gasteiger partial charge in [-0.05, 0) is 48.0 Å². The molecule has 0 unspecified atom stereocenters. The maximum absolute atomic E-state index is 12.2. The molecule has 0 saturated heterocycles. The Hall–Kier alpha value is -3.67. The Morgan fingerprint density at radius 1 is 0.857 bits per heavy atom. The van der Waals surface area contributed by atoms with Crippen molar-refractivity contribution in [3.63, 3.8) is 0 Å². The Morgan fingerprint density at radius 2 is 1.64 bits per heavy atom. The molecule has 28 heavy (non-hydrogen) atoms. The molecule has 0 spiro atoms. The Labute approximate surface area is 162 Å². The van der Waals surface area contributed by atoms with Crippen LogP contribution in [0.2, 0.25) is 0 Å². The quantitative estimate of drug-likeness (QED) is 0.646. The summed E-state index contributed by atoms with van der Waals surface area (Å²) >= 11 is 0. The van der Waals surface area contributed by atoms with Gasteiger partial charge in [0.1, 0.15) is 0 Å². The third-order valence-electron chi connectivity index (χ3n) is 4.07. The minimum Gasteiger partial charge on any atom is -0.452 e. The Bertz CT molecular complexity index is 1030. The van der Waals surface area contributed by atoms with E-state index >= 15 is 0 Å². The van der Waals surface area contributed by atoms with Crippen molar-refractivity contribution in [2.24, 2.45) is 0 Å². The molecule has 0 saturated carbocycles. The summed E-state index contributed by atoms with van der Waals surface area (Å²) in [5.41, 5.74) is 1.27. The standard InChI is InChI=1S/C22H20N2O4/c1-2-23-21(26)17-8-5-9-19(13-17)24-20(25)14-28-22(27)18-11-10-15-6-3-4-7-16(15)12-18/h3-13H,2,14H2,1H3,(H,23,26)(H,24,25). The third-order valence-corrected chi connectivity index (χ3v) is 4.07. The van der Waals surface area contributed by atoms with Crippen molar-refractivity contribution in [3.8, 4) is 0 Å². The van der Waals surface area contributed by atoms with Crippen LogP contribution in [0.4, 0.5) is 5.69 Å². The average molecular weight is 376 g/mol. The highest BCUT2D eigenvalue weighted by Crippen LogP contribution is 2.16. The number of anilines is 1. The number of esters is 1. The van der Waals surface area contributed by atoms with E-state index in [4.69, 9.17) is 4.74 Å². The Morgan fingerprint density at radius 3 is 2.43 bits per heavy atom. The monoisotopic (exact) mass is 376 g/mol. The van der Waals surface area contributed by atoms with E-state index in [0.717, 1.165) is 10.8 Å². The lowest BCUT2D eigenvalue weighted by Crippen LogP contribution is -2.23. The summed E-state index contributed by atoms with van der Waals surface area (Å²) in [6.07, 6.45) is 0. The van der Waals surface area contributed by atoms with Gasteiger partial charge in [-0.3, -0.25) is 9.59 Å². The molecule has 2 N–H and O–H groups in total. The van der Waals surface area contributed by atoms with Crippen LogP contribution in [-0.4, -0.2) is 30.9 Å². The fourth-order valence-electron chi connectivity index (χ4n) is 2.73. The molecule has 3 aromatic rings. The lowest BCUT2D eigenvalue weighted by molar-refractivity contribution is -0.119. The SMILES string of the molecule is CCNC(=O)c1cccc(NC(=O)COC(=O)c2ccc3ccccc3c2)c1. The molecule has 142 valence electrons. The molecular formula is C22H20N2O4. The van der Waals surface area contributed by atoms with Gasteiger partial charge in [0, 0.05) is 17.8 Å². The fraction of sp³-hybridized carbons (Fsp3) is 0.136. The van der Waals surface area contributed by atoms with Gasteiger partial charge in [0.2, 0.25) is 0 Å². The van der Waals surface area contributed by atoms with E-state index in [-0.39, 0.29) is 5.91 Å². The van der Waals surface area contributed by atoms with E-state index in [9.17, 15) is 14.4 Å². The summed E-state index contributed by atoms with van der Waals surface area (Å²) < 4.78 is 5.10.